The quantitative estimate of drug-likeness (QED) is 0.810. The standard InChI is InChI=1S/C11H15BrN2O2/c1-8-4-9(12)6-10(5-8)14-11(15)7-16-3-2-13/h4-6H,2-3,7,13H2,1H3,(H,14,15). The maximum absolute atomic E-state index is 11.4. The molecular weight excluding hydrogens is 272 g/mol. The van der Waals surface area contributed by atoms with Crippen LogP contribution in [0.1, 0.15) is 5.56 Å². The largest absolute Gasteiger partial charge is 0.370 e. The van der Waals surface area contributed by atoms with Crippen LogP contribution in [0.2, 0.25) is 0 Å². The number of halogens is 1. The lowest BCUT2D eigenvalue weighted by Gasteiger charge is -2.07. The topological polar surface area (TPSA) is 64.3 Å². The Kier molecular flexibility index (Phi) is 5.45. The minimum absolute atomic E-state index is 0.0305. The molecule has 4 nitrogen and oxygen atoms in total. The number of carbonyl (C=O) groups excluding carboxylic acids is 1. The van der Waals surface area contributed by atoms with Crippen LogP contribution in [-0.2, 0) is 9.53 Å². The maximum atomic E-state index is 11.4. The number of benzene rings is 1. The van der Waals surface area contributed by atoms with Crippen molar-refractivity contribution in [1.82, 2.24) is 0 Å². The Morgan fingerprint density at radius 1 is 1.50 bits per heavy atom. The van der Waals surface area contributed by atoms with Crippen molar-refractivity contribution in [3.63, 3.8) is 0 Å². The Hall–Kier alpha value is -0.910. The molecule has 0 saturated heterocycles. The lowest BCUT2D eigenvalue weighted by molar-refractivity contribution is -0.120. The number of aryl methyl sites for hydroxylation is 1. The summed E-state index contributed by atoms with van der Waals surface area (Å²) in [5.41, 5.74) is 7.08. The van der Waals surface area contributed by atoms with E-state index < -0.39 is 0 Å². The zero-order chi connectivity index (χ0) is 12.0. The van der Waals surface area contributed by atoms with Gasteiger partial charge in [-0.15, -0.1) is 0 Å². The van der Waals surface area contributed by atoms with Crippen LogP contribution >= 0.6 is 15.9 Å². The molecule has 1 aromatic rings. The van der Waals surface area contributed by atoms with E-state index >= 15 is 0 Å². The van der Waals surface area contributed by atoms with E-state index in [2.05, 4.69) is 21.2 Å². The summed E-state index contributed by atoms with van der Waals surface area (Å²) in [5.74, 6) is -0.175. The molecule has 0 aliphatic heterocycles. The number of rotatable bonds is 5. The summed E-state index contributed by atoms with van der Waals surface area (Å²) in [6.07, 6.45) is 0. The molecule has 0 aromatic heterocycles. The first-order valence-corrected chi connectivity index (χ1v) is 5.76. The second-order valence-corrected chi connectivity index (χ2v) is 4.32. The minimum Gasteiger partial charge on any atom is -0.370 e. The van der Waals surface area contributed by atoms with E-state index in [1.165, 1.54) is 0 Å². The number of hydrogen-bond acceptors (Lipinski definition) is 3. The third-order valence-electron chi connectivity index (χ3n) is 1.82. The number of nitrogens with two attached hydrogens (primary N) is 1. The number of anilines is 1. The van der Waals surface area contributed by atoms with Crippen molar-refractivity contribution in [2.24, 2.45) is 5.73 Å². The normalized spacial score (nSPS) is 10.2. The first kappa shape index (κ1) is 13.2. The monoisotopic (exact) mass is 286 g/mol. The molecule has 0 unspecified atom stereocenters. The molecule has 0 bridgehead atoms. The highest BCUT2D eigenvalue weighted by Gasteiger charge is 2.03. The zero-order valence-electron chi connectivity index (χ0n) is 9.13. The van der Waals surface area contributed by atoms with Crippen molar-refractivity contribution >= 4 is 27.5 Å². The van der Waals surface area contributed by atoms with Gasteiger partial charge in [0.25, 0.3) is 0 Å². The molecule has 0 aliphatic carbocycles. The Morgan fingerprint density at radius 2 is 2.25 bits per heavy atom. The summed E-state index contributed by atoms with van der Waals surface area (Å²) in [6.45, 7) is 2.81. The fourth-order valence-corrected chi connectivity index (χ4v) is 1.86. The molecule has 0 spiro atoms. The summed E-state index contributed by atoms with van der Waals surface area (Å²) in [6, 6.07) is 5.71. The zero-order valence-corrected chi connectivity index (χ0v) is 10.7. The van der Waals surface area contributed by atoms with Crippen molar-refractivity contribution in [2.75, 3.05) is 25.1 Å². The smallest absolute Gasteiger partial charge is 0.250 e. The van der Waals surface area contributed by atoms with E-state index in [-0.39, 0.29) is 12.5 Å². The molecule has 88 valence electrons. The minimum atomic E-state index is -0.175. The molecule has 0 aliphatic rings. The third-order valence-corrected chi connectivity index (χ3v) is 2.28. The SMILES string of the molecule is Cc1cc(Br)cc(NC(=O)COCCN)c1. The second kappa shape index (κ2) is 6.62. The maximum Gasteiger partial charge on any atom is 0.250 e. The summed E-state index contributed by atoms with van der Waals surface area (Å²) in [7, 11) is 0. The number of nitrogens with one attached hydrogen (secondary N) is 1. The molecule has 0 fully saturated rings. The van der Waals surface area contributed by atoms with Gasteiger partial charge in [0, 0.05) is 16.7 Å². The van der Waals surface area contributed by atoms with Crippen molar-refractivity contribution in [1.29, 1.82) is 0 Å². The Bertz CT molecular complexity index is 349. The van der Waals surface area contributed by atoms with E-state index in [4.69, 9.17) is 10.5 Å². The highest BCUT2D eigenvalue weighted by atomic mass is 79.9. The average molecular weight is 287 g/mol. The molecule has 3 N–H and O–H groups in total. The third kappa shape index (κ3) is 4.74. The number of hydrogen-bond donors (Lipinski definition) is 2. The van der Waals surface area contributed by atoms with Gasteiger partial charge in [-0.2, -0.15) is 0 Å². The highest BCUT2D eigenvalue weighted by Crippen LogP contribution is 2.18. The summed E-state index contributed by atoms with van der Waals surface area (Å²) in [5, 5.41) is 2.75. The van der Waals surface area contributed by atoms with Crippen LogP contribution in [0, 0.1) is 6.92 Å². The lowest BCUT2D eigenvalue weighted by atomic mass is 10.2. The van der Waals surface area contributed by atoms with E-state index in [1.54, 1.807) is 0 Å². The first-order valence-electron chi connectivity index (χ1n) is 4.96. The van der Waals surface area contributed by atoms with Crippen LogP contribution in [-0.4, -0.2) is 25.7 Å². The molecule has 0 atom stereocenters. The molecule has 0 radical (unpaired) electrons. The van der Waals surface area contributed by atoms with Crippen LogP contribution in [0.4, 0.5) is 5.69 Å². The predicted octanol–water partition coefficient (Wildman–Crippen LogP) is 1.67. The second-order valence-electron chi connectivity index (χ2n) is 3.41. The molecule has 1 amide bonds. The number of amides is 1. The van der Waals surface area contributed by atoms with Crippen molar-refractivity contribution < 1.29 is 9.53 Å². The van der Waals surface area contributed by atoms with Gasteiger partial charge in [-0.3, -0.25) is 4.79 Å². The summed E-state index contributed by atoms with van der Waals surface area (Å²) >= 11 is 3.37. The average Bonchev–Trinajstić information content (AvgIpc) is 2.16. The van der Waals surface area contributed by atoms with Gasteiger partial charge in [-0.25, -0.2) is 0 Å². The summed E-state index contributed by atoms with van der Waals surface area (Å²) < 4.78 is 5.96. The lowest BCUT2D eigenvalue weighted by Crippen LogP contribution is -2.20. The fraction of sp³-hybridized carbons (Fsp3) is 0.364. The highest BCUT2D eigenvalue weighted by molar-refractivity contribution is 9.10. The fourth-order valence-electron chi connectivity index (χ4n) is 1.25. The van der Waals surface area contributed by atoms with Crippen LogP contribution in [0.15, 0.2) is 22.7 Å². The number of carbonyl (C=O) groups is 1. The van der Waals surface area contributed by atoms with Crippen molar-refractivity contribution in [3.8, 4) is 0 Å². The molecular formula is C11H15BrN2O2. The van der Waals surface area contributed by atoms with Gasteiger partial charge in [-0.1, -0.05) is 15.9 Å². The Balaban J connectivity index is 2.49. The number of ether oxygens (including phenoxy) is 1. The van der Waals surface area contributed by atoms with Crippen LogP contribution < -0.4 is 11.1 Å². The van der Waals surface area contributed by atoms with Crippen LogP contribution in [0.25, 0.3) is 0 Å². The Morgan fingerprint density at radius 3 is 2.88 bits per heavy atom. The van der Waals surface area contributed by atoms with Gasteiger partial charge in [0.05, 0.1) is 6.61 Å². The van der Waals surface area contributed by atoms with Crippen LogP contribution in [0.3, 0.4) is 0 Å². The summed E-state index contributed by atoms with van der Waals surface area (Å²) in [4.78, 5) is 11.4. The molecule has 0 saturated carbocycles. The molecule has 1 rings (SSSR count). The predicted molar refractivity (Wildman–Crippen MR) is 67.4 cm³/mol. The molecule has 0 heterocycles. The van der Waals surface area contributed by atoms with E-state index in [1.807, 2.05) is 25.1 Å². The van der Waals surface area contributed by atoms with E-state index in [0.29, 0.717) is 13.2 Å². The Labute approximate surface area is 103 Å². The van der Waals surface area contributed by atoms with Gasteiger partial charge in [0.15, 0.2) is 0 Å². The van der Waals surface area contributed by atoms with Crippen molar-refractivity contribution in [2.45, 2.75) is 6.92 Å². The van der Waals surface area contributed by atoms with E-state index in [9.17, 15) is 4.79 Å². The first-order chi connectivity index (χ1) is 7.61. The van der Waals surface area contributed by atoms with E-state index in [0.717, 1.165) is 15.7 Å². The molecule has 5 heteroatoms. The van der Waals surface area contributed by atoms with Gasteiger partial charge < -0.3 is 15.8 Å². The van der Waals surface area contributed by atoms with Gasteiger partial charge in [0.1, 0.15) is 6.61 Å². The van der Waals surface area contributed by atoms with Crippen LogP contribution in [0.5, 0.6) is 0 Å². The van der Waals surface area contributed by atoms with Crippen molar-refractivity contribution in [3.05, 3.63) is 28.2 Å². The molecule has 16 heavy (non-hydrogen) atoms. The molecule has 1 aromatic carbocycles. The van der Waals surface area contributed by atoms with Gasteiger partial charge in [-0.05, 0) is 30.7 Å². The van der Waals surface area contributed by atoms with Gasteiger partial charge in [0.2, 0.25) is 5.91 Å². The van der Waals surface area contributed by atoms with Gasteiger partial charge >= 0.3 is 0 Å².